The quantitative estimate of drug-likeness (QED) is 0.686. The zero-order valence-electron chi connectivity index (χ0n) is 16.0. The zero-order valence-corrected chi connectivity index (χ0v) is 16.0. The molecule has 6 heteroatoms. The number of amides is 1. The fraction of sp³-hybridized carbons (Fsp3) is 0.318. The summed E-state index contributed by atoms with van der Waals surface area (Å²) < 4.78 is 5.90. The number of carbonyl (C=O) groups excluding carboxylic acids is 1. The smallest absolute Gasteiger partial charge is 0.362 e. The van der Waals surface area contributed by atoms with Gasteiger partial charge in [-0.1, -0.05) is 52.8 Å². The zero-order chi connectivity index (χ0) is 19.3. The number of likely N-dealkylation sites (tertiary alicyclic amines) is 1. The number of aryl methyl sites for hydroxylation is 1. The topological polar surface area (TPSA) is 60.2 Å². The predicted octanol–water partition coefficient (Wildman–Crippen LogP) is 4.16. The molecule has 0 aliphatic carbocycles. The van der Waals surface area contributed by atoms with Gasteiger partial charge in [-0.3, -0.25) is 0 Å². The van der Waals surface area contributed by atoms with Crippen LogP contribution in [0.4, 0.5) is 4.79 Å². The summed E-state index contributed by atoms with van der Waals surface area (Å²) in [6.07, 6.45) is 4.64. The van der Waals surface area contributed by atoms with E-state index in [1.807, 2.05) is 66.4 Å². The Hall–Kier alpha value is -3.15. The Morgan fingerprint density at radius 2 is 1.89 bits per heavy atom. The number of piperidine rings is 1. The van der Waals surface area contributed by atoms with Crippen LogP contribution >= 0.6 is 0 Å². The van der Waals surface area contributed by atoms with Crippen molar-refractivity contribution >= 4 is 6.03 Å². The van der Waals surface area contributed by atoms with Crippen molar-refractivity contribution < 1.29 is 9.53 Å². The molecule has 0 radical (unpaired) electrons. The average Bonchev–Trinajstić information content (AvgIpc) is 3.23. The SMILES string of the molecule is Cc1ccc(-c2cnn(C(=O)N3CCCCC3COc3ccccc3)n2)cc1. The fourth-order valence-corrected chi connectivity index (χ4v) is 3.46. The maximum atomic E-state index is 13.0. The lowest BCUT2D eigenvalue weighted by molar-refractivity contribution is 0.113. The van der Waals surface area contributed by atoms with Gasteiger partial charge in [0.25, 0.3) is 0 Å². The molecule has 1 aliphatic heterocycles. The van der Waals surface area contributed by atoms with Gasteiger partial charge in [-0.25, -0.2) is 4.79 Å². The van der Waals surface area contributed by atoms with Gasteiger partial charge in [0.15, 0.2) is 0 Å². The van der Waals surface area contributed by atoms with Crippen molar-refractivity contribution in [2.24, 2.45) is 0 Å². The molecule has 0 saturated carbocycles. The Kier molecular flexibility index (Phi) is 5.37. The number of nitrogens with zero attached hydrogens (tertiary/aromatic N) is 4. The van der Waals surface area contributed by atoms with Crippen molar-refractivity contribution in [3.63, 3.8) is 0 Å². The predicted molar refractivity (Wildman–Crippen MR) is 107 cm³/mol. The van der Waals surface area contributed by atoms with Crippen LogP contribution < -0.4 is 4.74 Å². The first-order valence-electron chi connectivity index (χ1n) is 9.69. The molecule has 0 bridgehead atoms. The standard InChI is InChI=1S/C22H24N4O2/c1-17-10-12-18(13-11-17)21-15-23-26(24-21)22(27)25-14-6-5-7-19(25)16-28-20-8-3-2-4-9-20/h2-4,8-13,15,19H,5-7,14,16H2,1H3. The lowest BCUT2D eigenvalue weighted by Gasteiger charge is -2.34. The maximum absolute atomic E-state index is 13.0. The summed E-state index contributed by atoms with van der Waals surface area (Å²) in [4.78, 5) is 16.1. The molecule has 6 nitrogen and oxygen atoms in total. The minimum Gasteiger partial charge on any atom is -0.491 e. The molecule has 1 atom stereocenters. The average molecular weight is 376 g/mol. The van der Waals surface area contributed by atoms with Crippen LogP contribution in [0.1, 0.15) is 24.8 Å². The largest absolute Gasteiger partial charge is 0.491 e. The molecular formula is C22H24N4O2. The van der Waals surface area contributed by atoms with E-state index in [4.69, 9.17) is 4.74 Å². The van der Waals surface area contributed by atoms with Crippen LogP contribution in [-0.4, -0.2) is 45.1 Å². The van der Waals surface area contributed by atoms with Crippen molar-refractivity contribution in [3.8, 4) is 17.0 Å². The molecule has 0 spiro atoms. The van der Waals surface area contributed by atoms with Gasteiger partial charge >= 0.3 is 6.03 Å². The highest BCUT2D eigenvalue weighted by molar-refractivity contribution is 5.76. The Bertz CT molecular complexity index is 921. The molecule has 144 valence electrons. The molecule has 1 saturated heterocycles. The van der Waals surface area contributed by atoms with Crippen LogP contribution in [0.25, 0.3) is 11.3 Å². The van der Waals surface area contributed by atoms with Crippen molar-refractivity contribution in [1.82, 2.24) is 19.9 Å². The summed E-state index contributed by atoms with van der Waals surface area (Å²) in [5.74, 6) is 0.819. The molecule has 1 fully saturated rings. The molecule has 1 aliphatic rings. The summed E-state index contributed by atoms with van der Waals surface area (Å²) in [6.45, 7) is 3.21. The highest BCUT2D eigenvalue weighted by atomic mass is 16.5. The van der Waals surface area contributed by atoms with Crippen LogP contribution in [0, 0.1) is 6.92 Å². The number of aromatic nitrogens is 3. The Morgan fingerprint density at radius 3 is 2.68 bits per heavy atom. The number of ether oxygens (including phenoxy) is 1. The molecule has 1 amide bonds. The van der Waals surface area contributed by atoms with Crippen molar-refractivity contribution in [2.75, 3.05) is 13.2 Å². The van der Waals surface area contributed by atoms with Gasteiger partial charge < -0.3 is 9.64 Å². The monoisotopic (exact) mass is 376 g/mol. The molecule has 1 unspecified atom stereocenters. The highest BCUT2D eigenvalue weighted by Gasteiger charge is 2.29. The summed E-state index contributed by atoms with van der Waals surface area (Å²) in [5.41, 5.74) is 2.83. The molecule has 28 heavy (non-hydrogen) atoms. The van der Waals surface area contributed by atoms with E-state index < -0.39 is 0 Å². The van der Waals surface area contributed by atoms with E-state index in [9.17, 15) is 4.79 Å². The Morgan fingerprint density at radius 1 is 1.11 bits per heavy atom. The van der Waals surface area contributed by atoms with E-state index in [-0.39, 0.29) is 12.1 Å². The molecule has 1 aromatic heterocycles. The van der Waals surface area contributed by atoms with E-state index in [1.54, 1.807) is 6.20 Å². The second-order valence-electron chi connectivity index (χ2n) is 7.13. The maximum Gasteiger partial charge on any atom is 0.362 e. The van der Waals surface area contributed by atoms with Crippen LogP contribution in [0.2, 0.25) is 0 Å². The van der Waals surface area contributed by atoms with Gasteiger partial charge in [0.05, 0.1) is 12.2 Å². The third-order valence-electron chi connectivity index (χ3n) is 5.07. The highest BCUT2D eigenvalue weighted by Crippen LogP contribution is 2.21. The van der Waals surface area contributed by atoms with Gasteiger partial charge in [0, 0.05) is 12.1 Å². The lowest BCUT2D eigenvalue weighted by Crippen LogP contribution is -2.48. The van der Waals surface area contributed by atoms with Gasteiger partial charge in [0.2, 0.25) is 0 Å². The first kappa shape index (κ1) is 18.2. The minimum atomic E-state index is -0.195. The van der Waals surface area contributed by atoms with Gasteiger partial charge in [-0.2, -0.15) is 5.10 Å². The molecule has 2 heterocycles. The summed E-state index contributed by atoms with van der Waals surface area (Å²) in [7, 11) is 0. The molecule has 3 aromatic rings. The summed E-state index contributed by atoms with van der Waals surface area (Å²) in [6, 6.07) is 17.6. The molecule has 4 rings (SSSR count). The van der Waals surface area contributed by atoms with Crippen LogP contribution in [0.5, 0.6) is 5.75 Å². The number of carbonyl (C=O) groups is 1. The van der Waals surface area contributed by atoms with Crippen LogP contribution in [0.15, 0.2) is 60.8 Å². The molecular weight excluding hydrogens is 352 g/mol. The van der Waals surface area contributed by atoms with E-state index in [2.05, 4.69) is 10.2 Å². The van der Waals surface area contributed by atoms with E-state index in [1.165, 1.54) is 10.4 Å². The van der Waals surface area contributed by atoms with Crippen LogP contribution in [0.3, 0.4) is 0 Å². The summed E-state index contributed by atoms with van der Waals surface area (Å²) in [5, 5.41) is 8.63. The molecule has 0 N–H and O–H groups in total. The number of para-hydroxylation sites is 1. The van der Waals surface area contributed by atoms with E-state index in [0.717, 1.165) is 30.6 Å². The second-order valence-corrected chi connectivity index (χ2v) is 7.13. The number of benzene rings is 2. The number of rotatable bonds is 4. The number of hydrogen-bond acceptors (Lipinski definition) is 4. The van der Waals surface area contributed by atoms with Crippen molar-refractivity contribution in [2.45, 2.75) is 32.2 Å². The molecule has 2 aromatic carbocycles. The van der Waals surface area contributed by atoms with Gasteiger partial charge in [-0.15, -0.1) is 5.10 Å². The first-order chi connectivity index (χ1) is 13.7. The van der Waals surface area contributed by atoms with Gasteiger partial charge in [0.1, 0.15) is 18.1 Å². The van der Waals surface area contributed by atoms with Crippen molar-refractivity contribution in [1.29, 1.82) is 0 Å². The Labute approximate surface area is 164 Å². The normalized spacial score (nSPS) is 16.8. The van der Waals surface area contributed by atoms with Crippen LogP contribution in [-0.2, 0) is 0 Å². The Balaban J connectivity index is 1.46. The minimum absolute atomic E-state index is 0.0234. The second kappa shape index (κ2) is 8.25. The third-order valence-corrected chi connectivity index (χ3v) is 5.07. The third kappa shape index (κ3) is 4.06. The number of hydrogen-bond donors (Lipinski definition) is 0. The van der Waals surface area contributed by atoms with E-state index in [0.29, 0.717) is 18.8 Å². The lowest BCUT2D eigenvalue weighted by atomic mass is 10.0. The van der Waals surface area contributed by atoms with E-state index >= 15 is 0 Å². The van der Waals surface area contributed by atoms with Crippen molar-refractivity contribution in [3.05, 3.63) is 66.4 Å². The first-order valence-corrected chi connectivity index (χ1v) is 9.69. The summed E-state index contributed by atoms with van der Waals surface area (Å²) >= 11 is 0. The van der Waals surface area contributed by atoms with Gasteiger partial charge in [-0.05, 0) is 38.3 Å². The fourth-order valence-electron chi connectivity index (χ4n) is 3.46.